The Bertz CT molecular complexity index is 275. The number of hydrogen-bond acceptors (Lipinski definition) is 3. The van der Waals surface area contributed by atoms with Gasteiger partial charge in [0.1, 0.15) is 0 Å². The number of Topliss-reactive ketones (excluding diaryl/α,β-unsaturated/α-hetero) is 1. The van der Waals surface area contributed by atoms with Crippen LogP contribution < -0.4 is 5.11 Å². The van der Waals surface area contributed by atoms with Crippen LogP contribution in [0.15, 0.2) is 0 Å². The maximum atomic E-state index is 11.3. The van der Waals surface area contributed by atoms with Crippen LogP contribution in [0.4, 0.5) is 0 Å². The largest absolute Gasteiger partial charge is 0.550 e. The molecule has 0 spiro atoms. The van der Waals surface area contributed by atoms with Crippen molar-refractivity contribution < 1.29 is 14.7 Å². The van der Waals surface area contributed by atoms with Gasteiger partial charge in [0.05, 0.1) is 10.2 Å². The molecule has 0 bridgehead atoms. The zero-order valence-corrected chi connectivity index (χ0v) is 11.1. The Morgan fingerprint density at radius 2 is 2.00 bits per heavy atom. The van der Waals surface area contributed by atoms with Gasteiger partial charge in [-0.2, -0.15) is 0 Å². The van der Waals surface area contributed by atoms with Crippen LogP contribution in [0.2, 0.25) is 0 Å². The first-order chi connectivity index (χ1) is 6.34. The zero-order valence-electron chi connectivity index (χ0n) is 7.92. The first-order valence-electron chi connectivity index (χ1n) is 4.27. The van der Waals surface area contributed by atoms with Crippen molar-refractivity contribution in [2.24, 2.45) is 17.3 Å². The van der Waals surface area contributed by atoms with E-state index in [1.807, 2.05) is 13.8 Å². The van der Waals surface area contributed by atoms with Crippen LogP contribution in [0.1, 0.15) is 13.8 Å². The third kappa shape index (κ3) is 1.89. The lowest BCUT2D eigenvalue weighted by atomic mass is 10.1. The average molecular weight is 327 g/mol. The van der Waals surface area contributed by atoms with Gasteiger partial charge in [-0.1, -0.05) is 45.7 Å². The lowest BCUT2D eigenvalue weighted by Gasteiger charge is -2.07. The number of halogens is 2. The maximum absolute atomic E-state index is 11.3. The van der Waals surface area contributed by atoms with Crippen molar-refractivity contribution in [3.8, 4) is 0 Å². The van der Waals surface area contributed by atoms with Crippen molar-refractivity contribution in [1.82, 2.24) is 0 Å². The van der Waals surface area contributed by atoms with Crippen LogP contribution >= 0.6 is 31.9 Å². The third-order valence-electron chi connectivity index (χ3n) is 2.92. The summed E-state index contributed by atoms with van der Waals surface area (Å²) in [5.74, 6) is -1.76. The first kappa shape index (κ1) is 12.2. The predicted octanol–water partition coefficient (Wildman–Crippen LogP) is 0.736. The van der Waals surface area contributed by atoms with Gasteiger partial charge in [-0.25, -0.2) is 0 Å². The SMILES string of the molecule is CC1(C)C(C(=O)[O-])C1C(Br)C(=O)CBr. The van der Waals surface area contributed by atoms with Gasteiger partial charge in [-0.05, 0) is 11.3 Å². The molecule has 1 saturated carbocycles. The van der Waals surface area contributed by atoms with Crippen LogP contribution in [0.25, 0.3) is 0 Å². The second-order valence-corrected chi connectivity index (χ2v) is 5.69. The molecule has 0 heterocycles. The molecule has 1 rings (SSSR count). The van der Waals surface area contributed by atoms with E-state index in [1.54, 1.807) is 0 Å². The standard InChI is InChI=1S/C9H12Br2O3/c1-9(2)5(6(9)8(13)14)7(11)4(12)3-10/h5-7H,3H2,1-2H3,(H,13,14)/p-1. The molecule has 0 aliphatic heterocycles. The Kier molecular flexibility index (Phi) is 3.41. The Hall–Kier alpha value is 0.1000. The number of carbonyl (C=O) groups is 2. The van der Waals surface area contributed by atoms with Crippen molar-refractivity contribution in [1.29, 1.82) is 0 Å². The van der Waals surface area contributed by atoms with E-state index in [4.69, 9.17) is 0 Å². The van der Waals surface area contributed by atoms with Gasteiger partial charge < -0.3 is 9.90 Å². The quantitative estimate of drug-likeness (QED) is 0.716. The van der Waals surface area contributed by atoms with E-state index < -0.39 is 11.9 Å². The highest BCUT2D eigenvalue weighted by Crippen LogP contribution is 2.61. The molecule has 1 aliphatic carbocycles. The van der Waals surface area contributed by atoms with Crippen molar-refractivity contribution >= 4 is 43.6 Å². The molecule has 0 amide bonds. The number of rotatable bonds is 4. The van der Waals surface area contributed by atoms with E-state index in [2.05, 4.69) is 31.9 Å². The molecule has 0 saturated heterocycles. The van der Waals surface area contributed by atoms with E-state index >= 15 is 0 Å². The van der Waals surface area contributed by atoms with Crippen LogP contribution in [-0.2, 0) is 9.59 Å². The summed E-state index contributed by atoms with van der Waals surface area (Å²) in [4.78, 5) is 21.7. The predicted molar refractivity (Wildman–Crippen MR) is 57.3 cm³/mol. The molecule has 3 unspecified atom stereocenters. The highest BCUT2D eigenvalue weighted by molar-refractivity contribution is 9.10. The van der Waals surface area contributed by atoms with E-state index in [0.717, 1.165) is 0 Å². The topological polar surface area (TPSA) is 57.2 Å². The smallest absolute Gasteiger partial charge is 0.157 e. The second-order valence-electron chi connectivity index (χ2n) is 4.15. The molecule has 1 aliphatic rings. The van der Waals surface area contributed by atoms with Crippen LogP contribution in [0.3, 0.4) is 0 Å². The van der Waals surface area contributed by atoms with E-state index in [0.29, 0.717) is 0 Å². The van der Waals surface area contributed by atoms with Gasteiger partial charge in [0.25, 0.3) is 0 Å². The summed E-state index contributed by atoms with van der Waals surface area (Å²) in [5, 5.41) is 11.0. The minimum absolute atomic E-state index is 0.0215. The first-order valence-corrected chi connectivity index (χ1v) is 6.31. The lowest BCUT2D eigenvalue weighted by Crippen LogP contribution is -2.28. The Labute approximate surface area is 99.5 Å². The number of aliphatic carboxylic acids is 1. The van der Waals surface area contributed by atoms with Crippen molar-refractivity contribution in [3.63, 3.8) is 0 Å². The minimum Gasteiger partial charge on any atom is -0.550 e. The number of carboxylic acid groups (broad SMARTS) is 1. The van der Waals surface area contributed by atoms with Gasteiger partial charge in [-0.3, -0.25) is 4.79 Å². The number of alkyl halides is 2. The molecule has 0 aromatic carbocycles. The van der Waals surface area contributed by atoms with Crippen LogP contribution in [0, 0.1) is 17.3 Å². The van der Waals surface area contributed by atoms with Crippen molar-refractivity contribution in [3.05, 3.63) is 0 Å². The number of ketones is 1. The van der Waals surface area contributed by atoms with Crippen molar-refractivity contribution in [2.45, 2.75) is 18.7 Å². The van der Waals surface area contributed by atoms with E-state index in [9.17, 15) is 14.7 Å². The summed E-state index contributed by atoms with van der Waals surface area (Å²) in [7, 11) is 0. The molecule has 0 radical (unpaired) electrons. The summed E-state index contributed by atoms with van der Waals surface area (Å²) in [6, 6.07) is 0. The highest BCUT2D eigenvalue weighted by atomic mass is 79.9. The molecule has 5 heteroatoms. The number of hydrogen-bond donors (Lipinski definition) is 0. The second kappa shape index (κ2) is 3.93. The van der Waals surface area contributed by atoms with Crippen LogP contribution in [0.5, 0.6) is 0 Å². The molecule has 3 nitrogen and oxygen atoms in total. The van der Waals surface area contributed by atoms with Crippen LogP contribution in [-0.4, -0.2) is 21.9 Å². The number of carboxylic acids is 1. The molecule has 0 N–H and O–H groups in total. The molecular formula is C9H11Br2O3-. The third-order valence-corrected chi connectivity index (χ3v) is 4.55. The fourth-order valence-electron chi connectivity index (χ4n) is 1.95. The van der Waals surface area contributed by atoms with E-state index in [1.165, 1.54) is 0 Å². The summed E-state index contributed by atoms with van der Waals surface area (Å²) >= 11 is 6.31. The van der Waals surface area contributed by atoms with Gasteiger partial charge in [-0.15, -0.1) is 0 Å². The maximum Gasteiger partial charge on any atom is 0.157 e. The Balaban J connectivity index is 2.73. The fraction of sp³-hybridized carbons (Fsp3) is 0.778. The van der Waals surface area contributed by atoms with Gasteiger partial charge in [0.15, 0.2) is 5.78 Å². The summed E-state index contributed by atoms with van der Waals surface area (Å²) in [6.07, 6.45) is 0. The monoisotopic (exact) mass is 325 g/mol. The lowest BCUT2D eigenvalue weighted by molar-refractivity contribution is -0.309. The summed E-state index contributed by atoms with van der Waals surface area (Å²) < 4.78 is 0. The minimum atomic E-state index is -1.06. The number of carbonyl (C=O) groups excluding carboxylic acids is 2. The molecule has 80 valence electrons. The average Bonchev–Trinajstić information content (AvgIpc) is 2.66. The molecule has 1 fully saturated rings. The summed E-state index contributed by atoms with van der Waals surface area (Å²) in [6.45, 7) is 3.68. The fourth-order valence-corrected chi connectivity index (χ4v) is 3.88. The van der Waals surface area contributed by atoms with Gasteiger partial charge in [0.2, 0.25) is 0 Å². The van der Waals surface area contributed by atoms with Gasteiger partial charge >= 0.3 is 0 Å². The molecule has 0 aromatic rings. The Morgan fingerprint density at radius 3 is 2.29 bits per heavy atom. The zero-order chi connectivity index (χ0) is 11.1. The molecule has 3 atom stereocenters. The molecular weight excluding hydrogens is 316 g/mol. The van der Waals surface area contributed by atoms with Gasteiger partial charge in [0, 0.05) is 11.9 Å². The highest BCUT2D eigenvalue weighted by Gasteiger charge is 2.62. The Morgan fingerprint density at radius 1 is 1.50 bits per heavy atom. The molecule has 0 aromatic heterocycles. The van der Waals surface area contributed by atoms with E-state index in [-0.39, 0.29) is 27.3 Å². The molecule has 14 heavy (non-hydrogen) atoms. The summed E-state index contributed by atoms with van der Waals surface area (Å²) in [5.41, 5.74) is -0.342. The van der Waals surface area contributed by atoms with Crippen molar-refractivity contribution in [2.75, 3.05) is 5.33 Å². The normalized spacial score (nSPS) is 30.9.